The molecular formula is C13H13N3O5S. The lowest BCUT2D eigenvalue weighted by atomic mass is 10.0. The van der Waals surface area contributed by atoms with Gasteiger partial charge in [-0.05, 0) is 30.8 Å². The maximum Gasteiger partial charge on any atom is 0.314 e. The highest BCUT2D eigenvalue weighted by atomic mass is 32.1. The van der Waals surface area contributed by atoms with Crippen molar-refractivity contribution >= 4 is 17.9 Å². The third-order valence-electron chi connectivity index (χ3n) is 3.17. The summed E-state index contributed by atoms with van der Waals surface area (Å²) >= 11 is 4.87. The summed E-state index contributed by atoms with van der Waals surface area (Å²) in [5.74, 6) is -0.573. The van der Waals surface area contributed by atoms with E-state index in [4.69, 9.17) is 17.0 Å². The fourth-order valence-corrected chi connectivity index (χ4v) is 2.33. The molecule has 9 heteroatoms. The number of aromatic nitrogens is 2. The highest BCUT2D eigenvalue weighted by molar-refractivity contribution is 7.71. The van der Waals surface area contributed by atoms with E-state index < -0.39 is 16.4 Å². The number of methoxy groups -OCH3 is 1. The second kappa shape index (κ2) is 5.98. The number of nitrogens with zero attached hydrogens (tertiary/aromatic N) is 1. The Morgan fingerprint density at radius 2 is 2.09 bits per heavy atom. The number of hydrogen-bond donors (Lipinski definition) is 3. The predicted octanol–water partition coefficient (Wildman–Crippen LogP) is 1.95. The molecule has 0 saturated carbocycles. The van der Waals surface area contributed by atoms with Crippen LogP contribution in [0.3, 0.4) is 0 Å². The summed E-state index contributed by atoms with van der Waals surface area (Å²) < 4.78 is 5.14. The van der Waals surface area contributed by atoms with Crippen molar-refractivity contribution in [2.75, 3.05) is 7.11 Å². The minimum atomic E-state index is -0.711. The van der Waals surface area contributed by atoms with Crippen LogP contribution in [0.15, 0.2) is 16.9 Å². The fourth-order valence-electron chi connectivity index (χ4n) is 2.09. The van der Waals surface area contributed by atoms with E-state index in [0.717, 1.165) is 0 Å². The quantitative estimate of drug-likeness (QED) is 0.449. The minimum Gasteiger partial charge on any atom is -0.500 e. The van der Waals surface area contributed by atoms with Gasteiger partial charge in [0.15, 0.2) is 10.5 Å². The van der Waals surface area contributed by atoms with Crippen molar-refractivity contribution in [2.24, 2.45) is 0 Å². The van der Waals surface area contributed by atoms with Gasteiger partial charge in [-0.2, -0.15) is 0 Å². The van der Waals surface area contributed by atoms with Crippen LogP contribution in [0.25, 0.3) is 0 Å². The number of ether oxygens (including phenoxy) is 1. The minimum absolute atomic E-state index is 0.0258. The zero-order valence-corrected chi connectivity index (χ0v) is 12.6. The molecule has 0 amide bonds. The zero-order chi connectivity index (χ0) is 16.4. The van der Waals surface area contributed by atoms with Crippen LogP contribution in [0.2, 0.25) is 0 Å². The molecule has 0 atom stereocenters. The molecule has 2 aromatic rings. The van der Waals surface area contributed by atoms with Gasteiger partial charge in [-0.25, -0.2) is 0 Å². The normalized spacial score (nSPS) is 10.5. The number of benzene rings is 1. The SMILES string of the molecule is COc1cc(Cc2c(C)[nH]c(=S)[nH]c2=O)cc([N+](=O)[O-])c1O. The lowest BCUT2D eigenvalue weighted by Gasteiger charge is -2.09. The molecule has 2 rings (SSSR count). The number of nitro groups is 1. The lowest BCUT2D eigenvalue weighted by Crippen LogP contribution is -2.16. The first kappa shape index (κ1) is 15.7. The second-order valence-electron chi connectivity index (χ2n) is 4.61. The van der Waals surface area contributed by atoms with E-state index in [9.17, 15) is 20.0 Å². The van der Waals surface area contributed by atoms with Crippen LogP contribution in [-0.4, -0.2) is 27.1 Å². The Morgan fingerprint density at radius 1 is 1.41 bits per heavy atom. The number of aromatic hydroxyl groups is 1. The topological polar surface area (TPSA) is 121 Å². The molecule has 3 N–H and O–H groups in total. The maximum atomic E-state index is 11.9. The van der Waals surface area contributed by atoms with Crippen LogP contribution in [0, 0.1) is 21.8 Å². The predicted molar refractivity (Wildman–Crippen MR) is 81.1 cm³/mol. The summed E-state index contributed by atoms with van der Waals surface area (Å²) in [6.45, 7) is 1.69. The van der Waals surface area contributed by atoms with Gasteiger partial charge in [-0.15, -0.1) is 0 Å². The van der Waals surface area contributed by atoms with Crippen molar-refractivity contribution in [1.29, 1.82) is 0 Å². The number of aryl methyl sites for hydroxylation is 1. The van der Waals surface area contributed by atoms with Gasteiger partial charge in [-0.3, -0.25) is 19.9 Å². The molecule has 1 heterocycles. The Kier molecular flexibility index (Phi) is 4.27. The van der Waals surface area contributed by atoms with E-state index in [2.05, 4.69) is 9.97 Å². The van der Waals surface area contributed by atoms with Gasteiger partial charge in [0.2, 0.25) is 5.75 Å². The van der Waals surface area contributed by atoms with Crippen molar-refractivity contribution in [3.8, 4) is 11.5 Å². The van der Waals surface area contributed by atoms with Crippen molar-refractivity contribution in [1.82, 2.24) is 9.97 Å². The van der Waals surface area contributed by atoms with Crippen LogP contribution < -0.4 is 10.3 Å². The van der Waals surface area contributed by atoms with E-state index >= 15 is 0 Å². The van der Waals surface area contributed by atoms with Gasteiger partial charge in [0, 0.05) is 23.7 Å². The molecule has 22 heavy (non-hydrogen) atoms. The molecule has 0 unspecified atom stereocenters. The Bertz CT molecular complexity index is 856. The first-order valence-corrected chi connectivity index (χ1v) is 6.60. The number of nitro benzene ring substituents is 1. The number of phenols is 1. The number of rotatable bonds is 4. The van der Waals surface area contributed by atoms with E-state index in [1.54, 1.807) is 6.92 Å². The average molecular weight is 323 g/mol. The van der Waals surface area contributed by atoms with Crippen LogP contribution >= 0.6 is 12.2 Å². The third kappa shape index (κ3) is 2.98. The second-order valence-corrected chi connectivity index (χ2v) is 5.02. The first-order valence-electron chi connectivity index (χ1n) is 6.19. The van der Waals surface area contributed by atoms with Gasteiger partial charge in [0.25, 0.3) is 5.56 Å². The fraction of sp³-hybridized carbons (Fsp3) is 0.231. The molecule has 0 aliphatic heterocycles. The standard InChI is InChI=1S/C13H13N3O5S/c1-6-8(12(18)15-13(22)14-6)3-7-4-9(16(19)20)11(17)10(5-7)21-2/h4-5,17H,3H2,1-2H3,(H2,14,15,18,22). The molecule has 0 bridgehead atoms. The van der Waals surface area contributed by atoms with Crippen molar-refractivity contribution in [3.05, 3.63) is 54.2 Å². The summed E-state index contributed by atoms with van der Waals surface area (Å²) in [4.78, 5) is 27.5. The monoisotopic (exact) mass is 323 g/mol. The van der Waals surface area contributed by atoms with Gasteiger partial charge in [-0.1, -0.05) is 0 Å². The molecule has 0 fully saturated rings. The van der Waals surface area contributed by atoms with E-state index in [-0.39, 0.29) is 22.5 Å². The summed E-state index contributed by atoms with van der Waals surface area (Å²) in [7, 11) is 1.29. The number of phenolic OH excluding ortho intramolecular Hbond substituents is 1. The Balaban J connectivity index is 2.55. The van der Waals surface area contributed by atoms with E-state index in [1.807, 2.05) is 0 Å². The largest absolute Gasteiger partial charge is 0.500 e. The Hall–Kier alpha value is -2.68. The van der Waals surface area contributed by atoms with Crippen molar-refractivity contribution in [2.45, 2.75) is 13.3 Å². The van der Waals surface area contributed by atoms with Gasteiger partial charge in [0.05, 0.1) is 12.0 Å². The molecule has 0 radical (unpaired) electrons. The molecule has 0 saturated heterocycles. The maximum absolute atomic E-state index is 11.9. The molecular weight excluding hydrogens is 310 g/mol. The van der Waals surface area contributed by atoms with Crippen molar-refractivity contribution in [3.63, 3.8) is 0 Å². The Morgan fingerprint density at radius 3 is 2.64 bits per heavy atom. The zero-order valence-electron chi connectivity index (χ0n) is 11.8. The number of H-pyrrole nitrogens is 2. The molecule has 0 spiro atoms. The molecule has 116 valence electrons. The summed E-state index contributed by atoms with van der Waals surface area (Å²) in [5, 5.41) is 20.7. The van der Waals surface area contributed by atoms with E-state index in [1.165, 1.54) is 19.2 Å². The number of hydrogen-bond acceptors (Lipinski definition) is 6. The number of nitrogens with one attached hydrogen (secondary N) is 2. The molecule has 0 aliphatic carbocycles. The van der Waals surface area contributed by atoms with Gasteiger partial charge in [0.1, 0.15) is 0 Å². The van der Waals surface area contributed by atoms with Gasteiger partial charge < -0.3 is 14.8 Å². The number of aromatic amines is 2. The highest BCUT2D eigenvalue weighted by Gasteiger charge is 2.20. The summed E-state index contributed by atoms with van der Waals surface area (Å²) in [5.41, 5.74) is 0.586. The van der Waals surface area contributed by atoms with Crippen molar-refractivity contribution < 1.29 is 14.8 Å². The third-order valence-corrected chi connectivity index (χ3v) is 3.37. The summed E-state index contributed by atoms with van der Waals surface area (Å²) in [6.07, 6.45) is 0.130. The van der Waals surface area contributed by atoms with Gasteiger partial charge >= 0.3 is 5.69 Å². The molecule has 0 aliphatic rings. The molecule has 1 aromatic heterocycles. The lowest BCUT2D eigenvalue weighted by molar-refractivity contribution is -0.386. The van der Waals surface area contributed by atoms with E-state index in [0.29, 0.717) is 16.8 Å². The molecule has 8 nitrogen and oxygen atoms in total. The Labute approximate surface area is 129 Å². The first-order chi connectivity index (χ1) is 10.3. The smallest absolute Gasteiger partial charge is 0.314 e. The van der Waals surface area contributed by atoms with Crippen LogP contribution in [0.4, 0.5) is 5.69 Å². The highest BCUT2D eigenvalue weighted by Crippen LogP contribution is 2.37. The van der Waals surface area contributed by atoms with Crippen LogP contribution in [0.1, 0.15) is 16.8 Å². The van der Waals surface area contributed by atoms with Crippen LogP contribution in [-0.2, 0) is 6.42 Å². The summed E-state index contributed by atoms with van der Waals surface area (Å²) in [6, 6.07) is 2.65. The molecule has 1 aromatic carbocycles. The average Bonchev–Trinajstić information content (AvgIpc) is 2.43. The van der Waals surface area contributed by atoms with Crippen LogP contribution in [0.5, 0.6) is 11.5 Å².